The first-order valence-electron chi connectivity index (χ1n) is 4.86. The van der Waals surface area contributed by atoms with Crippen LogP contribution in [0, 0.1) is 12.8 Å². The van der Waals surface area contributed by atoms with Crippen molar-refractivity contribution in [2.75, 3.05) is 0 Å². The van der Waals surface area contributed by atoms with Crippen molar-refractivity contribution >= 4 is 0 Å². The van der Waals surface area contributed by atoms with Gasteiger partial charge in [-0.25, -0.2) is 0 Å². The Balaban J connectivity index is 1.77. The lowest BCUT2D eigenvalue weighted by molar-refractivity contribution is 0.262. The topological polar surface area (TPSA) is 12.5 Å². The van der Waals surface area contributed by atoms with Crippen LogP contribution in [-0.4, -0.2) is 12.2 Å². The van der Waals surface area contributed by atoms with Gasteiger partial charge in [-0.15, -0.1) is 0 Å². The van der Waals surface area contributed by atoms with Crippen LogP contribution >= 0.6 is 0 Å². The molecule has 2 atom stereocenters. The zero-order chi connectivity index (χ0) is 7.68. The summed E-state index contributed by atoms with van der Waals surface area (Å²) in [6.45, 7) is 3.87. The molecule has 1 heteroatoms. The Hall–Kier alpha value is -0.0400. The second-order valence-corrected chi connectivity index (χ2v) is 3.83. The minimum atomic E-state index is 0.526. The van der Waals surface area contributed by atoms with E-state index in [1.807, 2.05) is 0 Å². The van der Waals surface area contributed by atoms with Crippen molar-refractivity contribution in [2.45, 2.75) is 50.7 Å². The van der Waals surface area contributed by atoms with Crippen molar-refractivity contribution in [2.24, 2.45) is 5.92 Å². The highest BCUT2D eigenvalue weighted by atomic mass is 16.6. The van der Waals surface area contributed by atoms with Crippen molar-refractivity contribution < 1.29 is 4.74 Å². The van der Waals surface area contributed by atoms with Crippen LogP contribution in [0.2, 0.25) is 0 Å². The average molecular weight is 153 g/mol. The molecule has 2 rings (SSSR count). The molecule has 11 heavy (non-hydrogen) atoms. The van der Waals surface area contributed by atoms with E-state index in [4.69, 9.17) is 4.74 Å². The molecule has 0 N–H and O–H groups in total. The summed E-state index contributed by atoms with van der Waals surface area (Å²) in [5.74, 6) is 0.885. The molecule has 1 heterocycles. The predicted octanol–water partition coefficient (Wildman–Crippen LogP) is 2.56. The van der Waals surface area contributed by atoms with E-state index in [2.05, 4.69) is 6.92 Å². The first-order chi connectivity index (χ1) is 5.42. The number of ether oxygens (including phenoxy) is 1. The lowest BCUT2D eigenvalue weighted by Gasteiger charge is -2.19. The van der Waals surface area contributed by atoms with Crippen LogP contribution in [-0.2, 0) is 4.74 Å². The summed E-state index contributed by atoms with van der Waals surface area (Å²) in [6, 6.07) is 0. The van der Waals surface area contributed by atoms with Crippen molar-refractivity contribution in [3.63, 3.8) is 0 Å². The smallest absolute Gasteiger partial charge is 0.0869 e. The molecule has 2 fully saturated rings. The number of hydrogen-bond donors (Lipinski definition) is 0. The fraction of sp³-hybridized carbons (Fsp3) is 0.900. The zero-order valence-corrected chi connectivity index (χ0v) is 7.09. The Kier molecular flexibility index (Phi) is 2.17. The van der Waals surface area contributed by atoms with Crippen molar-refractivity contribution in [3.8, 4) is 0 Å². The van der Waals surface area contributed by atoms with Crippen molar-refractivity contribution in [1.29, 1.82) is 0 Å². The highest BCUT2D eigenvalue weighted by Crippen LogP contribution is 2.39. The maximum absolute atomic E-state index is 5.54. The summed E-state index contributed by atoms with van der Waals surface area (Å²) in [7, 11) is 0. The van der Waals surface area contributed by atoms with Gasteiger partial charge in [-0.2, -0.15) is 0 Å². The summed E-state index contributed by atoms with van der Waals surface area (Å²) in [5, 5.41) is 0. The Morgan fingerprint density at radius 1 is 1.18 bits per heavy atom. The summed E-state index contributed by atoms with van der Waals surface area (Å²) in [6.07, 6.45) is 9.20. The Bertz CT molecular complexity index is 127. The summed E-state index contributed by atoms with van der Waals surface area (Å²) in [4.78, 5) is 0. The molecule has 1 radical (unpaired) electrons. The molecule has 1 nitrogen and oxygen atoms in total. The maximum Gasteiger partial charge on any atom is 0.0869 e. The van der Waals surface area contributed by atoms with E-state index >= 15 is 0 Å². The molecule has 1 aliphatic carbocycles. The lowest BCUT2D eigenvalue weighted by Crippen LogP contribution is -2.14. The molecule has 2 aliphatic rings. The van der Waals surface area contributed by atoms with Crippen LogP contribution in [0.15, 0.2) is 0 Å². The van der Waals surface area contributed by atoms with Gasteiger partial charge in [0.05, 0.1) is 12.2 Å². The van der Waals surface area contributed by atoms with E-state index in [9.17, 15) is 0 Å². The van der Waals surface area contributed by atoms with Gasteiger partial charge in [0.25, 0.3) is 0 Å². The molecule has 0 amide bonds. The van der Waals surface area contributed by atoms with Crippen LogP contribution in [0.1, 0.15) is 38.5 Å². The molecule has 0 spiro atoms. The van der Waals surface area contributed by atoms with Gasteiger partial charge in [0, 0.05) is 0 Å². The molecule has 0 aromatic rings. The van der Waals surface area contributed by atoms with Crippen LogP contribution < -0.4 is 0 Å². The molecule has 0 aromatic heterocycles. The molecular weight excluding hydrogens is 136 g/mol. The van der Waals surface area contributed by atoms with Gasteiger partial charge in [0.2, 0.25) is 0 Å². The normalized spacial score (nSPS) is 39.0. The highest BCUT2D eigenvalue weighted by Gasteiger charge is 2.43. The molecule has 1 saturated carbocycles. The highest BCUT2D eigenvalue weighted by molar-refractivity contribution is 4.91. The Labute approximate surface area is 69.1 Å². The van der Waals surface area contributed by atoms with Gasteiger partial charge >= 0.3 is 0 Å². The van der Waals surface area contributed by atoms with E-state index in [1.54, 1.807) is 0 Å². The van der Waals surface area contributed by atoms with Crippen molar-refractivity contribution in [1.82, 2.24) is 0 Å². The minimum Gasteiger partial charge on any atom is -0.369 e. The zero-order valence-electron chi connectivity index (χ0n) is 7.09. The molecule has 0 aromatic carbocycles. The quantitative estimate of drug-likeness (QED) is 0.555. The molecule has 0 bridgehead atoms. The van der Waals surface area contributed by atoms with E-state index in [1.165, 1.54) is 32.1 Å². The van der Waals surface area contributed by atoms with Gasteiger partial charge in [0.15, 0.2) is 0 Å². The first kappa shape index (κ1) is 7.60. The third-order valence-corrected chi connectivity index (χ3v) is 3.02. The van der Waals surface area contributed by atoms with E-state index < -0.39 is 0 Å². The standard InChI is InChI=1S/C10H17O/c1-2-9-10(11-9)8-6-4-3-5-7-8/h8-10H,1-7H2. The summed E-state index contributed by atoms with van der Waals surface area (Å²) < 4.78 is 5.54. The van der Waals surface area contributed by atoms with Gasteiger partial charge in [-0.05, 0) is 25.2 Å². The lowest BCUT2D eigenvalue weighted by atomic mass is 9.86. The van der Waals surface area contributed by atoms with Gasteiger partial charge < -0.3 is 4.74 Å². The molecular formula is C10H17O. The average Bonchev–Trinajstić information content (AvgIpc) is 2.85. The van der Waals surface area contributed by atoms with Crippen LogP contribution in [0.5, 0.6) is 0 Å². The van der Waals surface area contributed by atoms with Crippen LogP contribution in [0.25, 0.3) is 0 Å². The summed E-state index contributed by atoms with van der Waals surface area (Å²) >= 11 is 0. The Morgan fingerprint density at radius 3 is 2.45 bits per heavy atom. The minimum absolute atomic E-state index is 0.526. The maximum atomic E-state index is 5.54. The molecule has 2 unspecified atom stereocenters. The molecule has 1 saturated heterocycles. The second-order valence-electron chi connectivity index (χ2n) is 3.83. The van der Waals surface area contributed by atoms with Gasteiger partial charge in [0.1, 0.15) is 0 Å². The second kappa shape index (κ2) is 3.14. The third-order valence-electron chi connectivity index (χ3n) is 3.02. The summed E-state index contributed by atoms with van der Waals surface area (Å²) in [5.41, 5.74) is 0. The Morgan fingerprint density at radius 2 is 1.91 bits per heavy atom. The number of hydrogen-bond acceptors (Lipinski definition) is 1. The number of rotatable bonds is 2. The monoisotopic (exact) mass is 153 g/mol. The van der Waals surface area contributed by atoms with E-state index in [0.717, 1.165) is 12.3 Å². The predicted molar refractivity (Wildman–Crippen MR) is 45.2 cm³/mol. The first-order valence-corrected chi connectivity index (χ1v) is 4.86. The fourth-order valence-electron chi connectivity index (χ4n) is 2.27. The molecule has 1 aliphatic heterocycles. The third kappa shape index (κ3) is 1.58. The fourth-order valence-corrected chi connectivity index (χ4v) is 2.27. The number of epoxide rings is 1. The van der Waals surface area contributed by atoms with Crippen LogP contribution in [0.3, 0.4) is 0 Å². The van der Waals surface area contributed by atoms with E-state index in [0.29, 0.717) is 12.2 Å². The SMILES string of the molecule is [CH2]CC1OC1C1CCCCC1. The van der Waals surface area contributed by atoms with E-state index in [-0.39, 0.29) is 0 Å². The van der Waals surface area contributed by atoms with Gasteiger partial charge in [-0.3, -0.25) is 0 Å². The van der Waals surface area contributed by atoms with Gasteiger partial charge in [-0.1, -0.05) is 26.2 Å². The van der Waals surface area contributed by atoms with Crippen LogP contribution in [0.4, 0.5) is 0 Å². The van der Waals surface area contributed by atoms with Crippen molar-refractivity contribution in [3.05, 3.63) is 6.92 Å². The molecule has 63 valence electrons. The largest absolute Gasteiger partial charge is 0.369 e.